The largest absolute Gasteiger partial charge is 0.461 e. The SMILES string of the molecule is Cc1cc2cc(/C=C/C3=CC(=C4C(=O)c5ccccc5C4=O)C=C(C(C)(C)C)O3)cc3c2n1CCC3(C)C. The number of Topliss-reactive ketones (excluding diaryl/α,β-unsaturated/α-hetero) is 2. The molecule has 0 spiro atoms. The number of hydrogen-bond acceptors (Lipinski definition) is 3. The summed E-state index contributed by atoms with van der Waals surface area (Å²) in [5.41, 5.74) is 6.65. The highest BCUT2D eigenvalue weighted by Gasteiger charge is 2.36. The molecule has 192 valence electrons. The Bertz CT molecular complexity index is 1640. The van der Waals surface area contributed by atoms with Crippen molar-refractivity contribution in [1.82, 2.24) is 4.57 Å². The molecular weight excluding hydrogens is 470 g/mol. The van der Waals surface area contributed by atoms with Gasteiger partial charge < -0.3 is 9.30 Å². The molecule has 3 aromatic rings. The molecule has 4 heteroatoms. The lowest BCUT2D eigenvalue weighted by atomic mass is 9.78. The van der Waals surface area contributed by atoms with E-state index in [1.54, 1.807) is 24.3 Å². The van der Waals surface area contributed by atoms with Gasteiger partial charge >= 0.3 is 0 Å². The Balaban J connectivity index is 1.44. The number of benzene rings is 2. The number of rotatable bonds is 2. The minimum absolute atomic E-state index is 0.0986. The van der Waals surface area contributed by atoms with E-state index in [-0.39, 0.29) is 28.0 Å². The number of hydrogen-bond donors (Lipinski definition) is 0. The number of fused-ring (bicyclic) bond motifs is 1. The first-order valence-corrected chi connectivity index (χ1v) is 13.3. The molecule has 0 saturated heterocycles. The Morgan fingerprint density at radius 3 is 2.29 bits per heavy atom. The average molecular weight is 504 g/mol. The summed E-state index contributed by atoms with van der Waals surface area (Å²) in [5.74, 6) is 0.882. The van der Waals surface area contributed by atoms with E-state index in [1.165, 1.54) is 22.2 Å². The van der Waals surface area contributed by atoms with E-state index in [0.717, 1.165) is 24.3 Å². The summed E-state index contributed by atoms with van der Waals surface area (Å²) in [7, 11) is 0. The fraction of sp³-hybridized carbons (Fsp3) is 0.294. The minimum atomic E-state index is -0.301. The van der Waals surface area contributed by atoms with Crippen molar-refractivity contribution in [3.63, 3.8) is 0 Å². The van der Waals surface area contributed by atoms with Crippen LogP contribution in [0.2, 0.25) is 0 Å². The molecule has 38 heavy (non-hydrogen) atoms. The van der Waals surface area contributed by atoms with Crippen LogP contribution in [0.3, 0.4) is 0 Å². The van der Waals surface area contributed by atoms with E-state index < -0.39 is 0 Å². The first-order valence-electron chi connectivity index (χ1n) is 13.3. The summed E-state index contributed by atoms with van der Waals surface area (Å²) in [6.07, 6.45) is 8.78. The van der Waals surface area contributed by atoms with Gasteiger partial charge in [0.25, 0.3) is 0 Å². The summed E-state index contributed by atoms with van der Waals surface area (Å²) < 4.78 is 8.74. The summed E-state index contributed by atoms with van der Waals surface area (Å²) in [6, 6.07) is 13.8. The zero-order chi connectivity index (χ0) is 27.0. The van der Waals surface area contributed by atoms with Crippen molar-refractivity contribution in [1.29, 1.82) is 0 Å². The van der Waals surface area contributed by atoms with Gasteiger partial charge in [-0.15, -0.1) is 0 Å². The van der Waals surface area contributed by atoms with Gasteiger partial charge in [-0.05, 0) is 71.9 Å². The molecule has 2 aliphatic heterocycles. The highest BCUT2D eigenvalue weighted by molar-refractivity contribution is 6.40. The van der Waals surface area contributed by atoms with Crippen molar-refractivity contribution in [3.05, 3.63) is 111 Å². The monoisotopic (exact) mass is 503 g/mol. The second kappa shape index (κ2) is 8.29. The number of nitrogens with zero attached hydrogens (tertiary/aromatic N) is 1. The van der Waals surface area contributed by atoms with Crippen LogP contribution in [0.5, 0.6) is 0 Å². The Kier molecular flexibility index (Phi) is 5.33. The Morgan fingerprint density at radius 2 is 1.63 bits per heavy atom. The molecule has 6 rings (SSSR count). The van der Waals surface area contributed by atoms with Gasteiger partial charge in [-0.1, -0.05) is 65.0 Å². The lowest BCUT2D eigenvalue weighted by Crippen LogP contribution is -2.26. The molecule has 0 N–H and O–H groups in total. The number of carbonyl (C=O) groups excluding carboxylic acids is 2. The lowest BCUT2D eigenvalue weighted by molar-refractivity contribution is 0.0987. The van der Waals surface area contributed by atoms with E-state index in [1.807, 2.05) is 18.2 Å². The Morgan fingerprint density at radius 1 is 0.947 bits per heavy atom. The molecule has 0 bridgehead atoms. The maximum Gasteiger partial charge on any atom is 0.198 e. The second-order valence-corrected chi connectivity index (χ2v) is 12.4. The van der Waals surface area contributed by atoms with Crippen molar-refractivity contribution >= 4 is 28.5 Å². The van der Waals surface area contributed by atoms with Gasteiger partial charge in [0.15, 0.2) is 11.6 Å². The van der Waals surface area contributed by atoms with E-state index in [9.17, 15) is 9.59 Å². The number of carbonyl (C=O) groups is 2. The van der Waals surface area contributed by atoms with E-state index >= 15 is 0 Å². The highest BCUT2D eigenvalue weighted by atomic mass is 16.5. The topological polar surface area (TPSA) is 48.3 Å². The predicted molar refractivity (Wildman–Crippen MR) is 152 cm³/mol. The number of ketones is 2. The Hall–Kier alpha value is -3.92. The molecule has 1 aliphatic carbocycles. The van der Waals surface area contributed by atoms with Gasteiger partial charge in [-0.2, -0.15) is 0 Å². The van der Waals surface area contributed by atoms with Gasteiger partial charge in [0, 0.05) is 34.2 Å². The van der Waals surface area contributed by atoms with Crippen LogP contribution in [-0.2, 0) is 16.7 Å². The molecule has 0 atom stereocenters. The van der Waals surface area contributed by atoms with Crippen LogP contribution in [-0.4, -0.2) is 16.1 Å². The second-order valence-electron chi connectivity index (χ2n) is 12.4. The molecule has 0 amide bonds. The van der Waals surface area contributed by atoms with Crippen molar-refractivity contribution in [2.24, 2.45) is 5.41 Å². The van der Waals surface area contributed by atoms with Crippen molar-refractivity contribution in [3.8, 4) is 0 Å². The summed E-state index contributed by atoms with van der Waals surface area (Å²) >= 11 is 0. The van der Waals surface area contributed by atoms with E-state index in [0.29, 0.717) is 22.5 Å². The van der Waals surface area contributed by atoms with Gasteiger partial charge in [0.1, 0.15) is 11.5 Å². The van der Waals surface area contributed by atoms with E-state index in [4.69, 9.17) is 4.74 Å². The normalized spacial score (nSPS) is 18.7. The molecule has 0 saturated carbocycles. The third-order valence-electron chi connectivity index (χ3n) is 8.06. The minimum Gasteiger partial charge on any atom is -0.461 e. The molecule has 3 aliphatic rings. The highest BCUT2D eigenvalue weighted by Crippen LogP contribution is 2.41. The first kappa shape index (κ1) is 24.4. The predicted octanol–water partition coefficient (Wildman–Crippen LogP) is 7.86. The van der Waals surface area contributed by atoms with Crippen LogP contribution >= 0.6 is 0 Å². The Labute approximate surface area is 224 Å². The van der Waals surface area contributed by atoms with Crippen molar-refractivity contribution in [2.45, 2.75) is 59.9 Å². The molecule has 4 nitrogen and oxygen atoms in total. The zero-order valence-electron chi connectivity index (χ0n) is 22.9. The molecule has 3 heterocycles. The molecule has 2 aromatic carbocycles. The number of aromatic nitrogens is 1. The van der Waals surface area contributed by atoms with Gasteiger partial charge in [-0.3, -0.25) is 9.59 Å². The maximum atomic E-state index is 13.2. The van der Waals surface area contributed by atoms with E-state index in [2.05, 4.69) is 70.4 Å². The van der Waals surface area contributed by atoms with Crippen LogP contribution in [0.25, 0.3) is 17.0 Å². The number of aryl methyl sites for hydroxylation is 2. The van der Waals surface area contributed by atoms with Crippen molar-refractivity contribution in [2.75, 3.05) is 0 Å². The van der Waals surface area contributed by atoms with Gasteiger partial charge in [-0.25, -0.2) is 0 Å². The number of allylic oxidation sites excluding steroid dienone is 6. The maximum absolute atomic E-state index is 13.2. The fourth-order valence-corrected chi connectivity index (χ4v) is 5.81. The zero-order valence-corrected chi connectivity index (χ0v) is 22.9. The van der Waals surface area contributed by atoms with Crippen LogP contribution < -0.4 is 0 Å². The third kappa shape index (κ3) is 3.82. The summed E-state index contributed by atoms with van der Waals surface area (Å²) in [6.45, 7) is 14.1. The summed E-state index contributed by atoms with van der Waals surface area (Å²) in [4.78, 5) is 26.5. The molecule has 0 fully saturated rings. The molecule has 0 radical (unpaired) electrons. The smallest absolute Gasteiger partial charge is 0.198 e. The fourth-order valence-electron chi connectivity index (χ4n) is 5.81. The molecule has 1 aromatic heterocycles. The van der Waals surface area contributed by atoms with Crippen LogP contribution in [0.1, 0.15) is 78.6 Å². The average Bonchev–Trinajstić information content (AvgIpc) is 3.32. The van der Waals surface area contributed by atoms with Crippen LogP contribution in [0.4, 0.5) is 0 Å². The molecular formula is C34H33NO3. The standard InChI is InChI=1S/C34H33NO3/c1-20-15-23-16-21(17-27-30(23)35(20)14-13-34(27,5)6)11-12-24-18-22(19-28(38-24)33(2,3)4)29-31(36)25-9-7-8-10-26(25)32(29)37/h7-12,15-19H,13-14H2,1-6H3/b12-11+. The van der Waals surface area contributed by atoms with Crippen molar-refractivity contribution < 1.29 is 14.3 Å². The quantitative estimate of drug-likeness (QED) is 0.264. The lowest BCUT2D eigenvalue weighted by Gasteiger charge is -2.32. The molecule has 0 unspecified atom stereocenters. The van der Waals surface area contributed by atoms with Gasteiger partial charge in [0.05, 0.1) is 11.1 Å². The van der Waals surface area contributed by atoms with Crippen LogP contribution in [0.15, 0.2) is 83.4 Å². The first-order chi connectivity index (χ1) is 17.9. The summed E-state index contributed by atoms with van der Waals surface area (Å²) in [5, 5.41) is 1.25. The number of ether oxygens (including phenoxy) is 1. The van der Waals surface area contributed by atoms with Crippen LogP contribution in [0, 0.1) is 12.3 Å². The third-order valence-corrected chi connectivity index (χ3v) is 8.06. The van der Waals surface area contributed by atoms with Gasteiger partial charge in [0.2, 0.25) is 0 Å².